The van der Waals surface area contributed by atoms with Crippen molar-refractivity contribution in [1.29, 1.82) is 0 Å². The van der Waals surface area contributed by atoms with Crippen LogP contribution in [-0.2, 0) is 13.5 Å². The fourth-order valence-corrected chi connectivity index (χ4v) is 2.51. The van der Waals surface area contributed by atoms with Crippen molar-refractivity contribution in [1.82, 2.24) is 14.5 Å². The maximum Gasteiger partial charge on any atom is 0.189 e. The molecule has 6 heteroatoms. The minimum absolute atomic E-state index is 0.122. The molecule has 25 heavy (non-hydrogen) atoms. The molecule has 134 valence electrons. The Bertz CT molecular complexity index is 816. The van der Waals surface area contributed by atoms with Crippen molar-refractivity contribution >= 4 is 11.6 Å². The van der Waals surface area contributed by atoms with E-state index in [1.165, 1.54) is 12.1 Å². The first kappa shape index (κ1) is 19.0. The molecule has 0 saturated heterocycles. The van der Waals surface area contributed by atoms with Gasteiger partial charge in [0.15, 0.2) is 17.4 Å². The smallest absolute Gasteiger partial charge is 0.189 e. The Labute approximate surface area is 147 Å². The lowest BCUT2D eigenvalue weighted by molar-refractivity contribution is 0.0831. The van der Waals surface area contributed by atoms with Gasteiger partial charge in [-0.05, 0) is 12.1 Å². The predicted octanol–water partition coefficient (Wildman–Crippen LogP) is 3.63. The van der Waals surface area contributed by atoms with E-state index in [1.807, 2.05) is 0 Å². The van der Waals surface area contributed by atoms with Crippen LogP contribution < -0.4 is 0 Å². The van der Waals surface area contributed by atoms with Crippen molar-refractivity contribution in [2.75, 3.05) is 0 Å². The summed E-state index contributed by atoms with van der Waals surface area (Å²) in [6.45, 7) is 8.74. The summed E-state index contributed by atoms with van der Waals surface area (Å²) in [5.41, 5.74) is -0.803. The number of Topliss-reactive ketones (excluding diaryl/α,β-unsaturated/α-hetero) is 2. The highest BCUT2D eigenvalue weighted by Crippen LogP contribution is 2.27. The maximum atomic E-state index is 14.0. The highest BCUT2D eigenvalue weighted by Gasteiger charge is 2.32. The van der Waals surface area contributed by atoms with Crippen LogP contribution >= 0.6 is 0 Å². The second-order valence-corrected chi connectivity index (χ2v) is 8.03. The average Bonchev–Trinajstić information content (AvgIpc) is 2.93. The summed E-state index contributed by atoms with van der Waals surface area (Å²) in [7, 11) is 1.79. The molecule has 0 spiro atoms. The molecule has 0 bridgehead atoms. The number of imidazole rings is 1. The van der Waals surface area contributed by atoms with Crippen LogP contribution in [0.1, 0.15) is 61.3 Å². The number of ketones is 2. The maximum absolute atomic E-state index is 14.0. The van der Waals surface area contributed by atoms with Crippen LogP contribution in [0.25, 0.3) is 0 Å². The topological polar surface area (TPSA) is 64.8 Å². The van der Waals surface area contributed by atoms with Crippen LogP contribution in [0, 0.1) is 16.6 Å². The Kier molecular flexibility index (Phi) is 4.93. The summed E-state index contributed by atoms with van der Waals surface area (Å²) in [4.78, 5) is 33.4. The summed E-state index contributed by atoms with van der Waals surface area (Å²) >= 11 is 0. The number of hydrogen-bond acceptors (Lipinski definition) is 4. The van der Waals surface area contributed by atoms with E-state index in [-0.39, 0.29) is 23.7 Å². The highest BCUT2D eigenvalue weighted by atomic mass is 19.1. The van der Waals surface area contributed by atoms with Gasteiger partial charge in [-0.1, -0.05) is 34.6 Å². The summed E-state index contributed by atoms with van der Waals surface area (Å²) < 4.78 is 15.8. The molecule has 2 aromatic rings. The third-order valence-electron chi connectivity index (χ3n) is 3.98. The van der Waals surface area contributed by atoms with Gasteiger partial charge in [0.25, 0.3) is 0 Å². The van der Waals surface area contributed by atoms with Gasteiger partial charge in [0.05, 0.1) is 6.33 Å². The van der Waals surface area contributed by atoms with E-state index in [2.05, 4.69) is 9.97 Å². The number of carbonyl (C=O) groups is 2. The van der Waals surface area contributed by atoms with Crippen molar-refractivity contribution in [2.45, 2.75) is 41.0 Å². The molecule has 0 aliphatic rings. The van der Waals surface area contributed by atoms with Crippen molar-refractivity contribution in [2.24, 2.45) is 17.9 Å². The van der Waals surface area contributed by atoms with Gasteiger partial charge in [0.1, 0.15) is 11.4 Å². The molecule has 0 atom stereocenters. The van der Waals surface area contributed by atoms with Gasteiger partial charge in [-0.2, -0.15) is 0 Å². The van der Waals surface area contributed by atoms with Crippen LogP contribution in [0.15, 0.2) is 24.7 Å². The number of carbonyl (C=O) groups excluding carboxylic acids is 2. The quantitative estimate of drug-likeness (QED) is 0.776. The molecular weight excluding hydrogens is 321 g/mol. The minimum Gasteiger partial charge on any atom is -0.340 e. The van der Waals surface area contributed by atoms with Gasteiger partial charge in [0, 0.05) is 36.2 Å². The fourth-order valence-electron chi connectivity index (χ4n) is 2.51. The van der Waals surface area contributed by atoms with Crippen molar-refractivity contribution in [3.05, 3.63) is 47.6 Å². The summed E-state index contributed by atoms with van der Waals surface area (Å²) in [6.07, 6.45) is 3.52. The molecule has 0 saturated carbocycles. The normalized spacial score (nSPS) is 12.3. The van der Waals surface area contributed by atoms with Gasteiger partial charge in [-0.3, -0.25) is 9.59 Å². The van der Waals surface area contributed by atoms with Crippen LogP contribution in [0.5, 0.6) is 0 Å². The number of hydrogen-bond donors (Lipinski definition) is 0. The van der Waals surface area contributed by atoms with Crippen LogP contribution in [0.2, 0.25) is 0 Å². The van der Waals surface area contributed by atoms with Gasteiger partial charge in [-0.25, -0.2) is 14.4 Å². The van der Waals surface area contributed by atoms with Crippen molar-refractivity contribution < 1.29 is 14.0 Å². The molecular formula is C19H24FN3O2. The lowest BCUT2D eigenvalue weighted by Gasteiger charge is -2.22. The SMILES string of the molecule is Cn1cnc(C(=O)C(C)(C)Cc2ccc(F)c(C(=O)C(C)(C)C)n2)c1. The number of aromatic nitrogens is 3. The third-order valence-corrected chi connectivity index (χ3v) is 3.98. The van der Waals surface area contributed by atoms with E-state index >= 15 is 0 Å². The Hall–Kier alpha value is -2.37. The molecule has 2 heterocycles. The zero-order chi connectivity index (χ0) is 19.0. The van der Waals surface area contributed by atoms with Crippen molar-refractivity contribution in [3.63, 3.8) is 0 Å². The number of nitrogens with zero attached hydrogens (tertiary/aromatic N) is 3. The van der Waals surface area contributed by atoms with E-state index in [0.717, 1.165) is 0 Å². The second-order valence-electron chi connectivity index (χ2n) is 8.03. The minimum atomic E-state index is -0.777. The molecule has 2 rings (SSSR count). The Balaban J connectivity index is 2.30. The van der Waals surface area contributed by atoms with E-state index in [9.17, 15) is 14.0 Å². The zero-order valence-corrected chi connectivity index (χ0v) is 15.6. The second kappa shape index (κ2) is 6.50. The molecule has 5 nitrogen and oxygen atoms in total. The fraction of sp³-hybridized carbons (Fsp3) is 0.474. The van der Waals surface area contributed by atoms with Gasteiger partial charge in [0.2, 0.25) is 0 Å². The molecule has 0 aromatic carbocycles. The Morgan fingerprint density at radius 3 is 2.28 bits per heavy atom. The van der Waals surface area contributed by atoms with E-state index in [0.29, 0.717) is 11.4 Å². The van der Waals surface area contributed by atoms with E-state index in [1.54, 1.807) is 58.8 Å². The molecule has 0 unspecified atom stereocenters. The van der Waals surface area contributed by atoms with Crippen LogP contribution in [0.3, 0.4) is 0 Å². The largest absolute Gasteiger partial charge is 0.340 e. The monoisotopic (exact) mass is 345 g/mol. The van der Waals surface area contributed by atoms with Crippen LogP contribution in [-0.4, -0.2) is 26.1 Å². The molecule has 2 aromatic heterocycles. The lowest BCUT2D eigenvalue weighted by atomic mass is 9.81. The number of aryl methyl sites for hydroxylation is 1. The lowest BCUT2D eigenvalue weighted by Crippen LogP contribution is -2.28. The predicted molar refractivity (Wildman–Crippen MR) is 93.0 cm³/mol. The van der Waals surface area contributed by atoms with E-state index < -0.39 is 16.6 Å². The van der Waals surface area contributed by atoms with Crippen molar-refractivity contribution in [3.8, 4) is 0 Å². The summed E-state index contributed by atoms with van der Waals surface area (Å²) in [5, 5.41) is 0. The number of halogens is 1. The first-order valence-corrected chi connectivity index (χ1v) is 8.15. The summed E-state index contributed by atoms with van der Waals surface area (Å²) in [6, 6.07) is 2.75. The zero-order valence-electron chi connectivity index (χ0n) is 15.6. The van der Waals surface area contributed by atoms with Gasteiger partial charge < -0.3 is 4.57 Å². The molecule has 0 aliphatic heterocycles. The summed E-state index contributed by atoms with van der Waals surface area (Å²) in [5.74, 6) is -1.12. The van der Waals surface area contributed by atoms with E-state index in [4.69, 9.17) is 0 Å². The van der Waals surface area contributed by atoms with Gasteiger partial charge >= 0.3 is 0 Å². The highest BCUT2D eigenvalue weighted by molar-refractivity contribution is 5.99. The number of rotatable bonds is 5. The molecule has 0 N–H and O–H groups in total. The average molecular weight is 345 g/mol. The standard InChI is InChI=1S/C19H24FN3O2/c1-18(2,3)17(25)15-13(20)8-7-12(22-15)9-19(4,5)16(24)14-10-23(6)11-21-14/h7-8,10-11H,9H2,1-6H3. The van der Waals surface area contributed by atoms with Crippen LogP contribution in [0.4, 0.5) is 4.39 Å². The number of pyridine rings is 1. The molecule has 0 radical (unpaired) electrons. The first-order chi connectivity index (χ1) is 11.4. The third kappa shape index (κ3) is 4.18. The molecule has 0 fully saturated rings. The molecule has 0 aliphatic carbocycles. The Morgan fingerprint density at radius 1 is 1.12 bits per heavy atom. The first-order valence-electron chi connectivity index (χ1n) is 8.15. The van der Waals surface area contributed by atoms with Gasteiger partial charge in [-0.15, -0.1) is 0 Å². The Morgan fingerprint density at radius 2 is 1.76 bits per heavy atom. The molecule has 0 amide bonds.